The number of ether oxygens (including phenoxy) is 2. The van der Waals surface area contributed by atoms with Gasteiger partial charge in [0.15, 0.2) is 11.5 Å². The van der Waals surface area contributed by atoms with Gasteiger partial charge in [-0.15, -0.1) is 0 Å². The van der Waals surface area contributed by atoms with Crippen molar-refractivity contribution in [2.75, 3.05) is 27.3 Å². The molecule has 0 atom stereocenters. The topological polar surface area (TPSA) is 100 Å². The van der Waals surface area contributed by atoms with Crippen LogP contribution in [0, 0.1) is 0 Å². The molecule has 8 nitrogen and oxygen atoms in total. The monoisotopic (exact) mass is 503 g/mol. The quantitative estimate of drug-likeness (QED) is 0.412. The summed E-state index contributed by atoms with van der Waals surface area (Å²) in [7, 11) is 3.15. The van der Waals surface area contributed by atoms with Gasteiger partial charge >= 0.3 is 0 Å². The Hall–Kier alpha value is -4.04. The van der Waals surface area contributed by atoms with Gasteiger partial charge in [0.05, 0.1) is 14.2 Å². The first-order chi connectivity index (χ1) is 17.9. The van der Waals surface area contributed by atoms with Crippen molar-refractivity contribution in [1.82, 2.24) is 15.5 Å². The number of phenols is 1. The van der Waals surface area contributed by atoms with Gasteiger partial charge in [0.25, 0.3) is 11.8 Å². The summed E-state index contributed by atoms with van der Waals surface area (Å²) in [6, 6.07) is 19.8. The van der Waals surface area contributed by atoms with E-state index >= 15 is 0 Å². The molecule has 8 heteroatoms. The molecule has 0 bridgehead atoms. The van der Waals surface area contributed by atoms with E-state index in [1.807, 2.05) is 30.3 Å². The number of methoxy groups -OCH3 is 2. The molecule has 194 valence electrons. The van der Waals surface area contributed by atoms with E-state index < -0.39 is 0 Å². The van der Waals surface area contributed by atoms with Crippen LogP contribution in [0.15, 0.2) is 66.7 Å². The van der Waals surface area contributed by atoms with Crippen LogP contribution >= 0.6 is 0 Å². The lowest BCUT2D eigenvalue weighted by atomic mass is 10.0. The van der Waals surface area contributed by atoms with Crippen molar-refractivity contribution < 1.29 is 24.2 Å². The first-order valence-electron chi connectivity index (χ1n) is 12.4. The summed E-state index contributed by atoms with van der Waals surface area (Å²) in [5.74, 6) is 1.04. The number of amides is 2. The highest BCUT2D eigenvalue weighted by molar-refractivity contribution is 5.97. The normalized spacial score (nSPS) is 14.1. The number of likely N-dealkylation sites (tertiary alicyclic amines) is 1. The highest BCUT2D eigenvalue weighted by atomic mass is 16.5. The van der Waals surface area contributed by atoms with Crippen LogP contribution in [-0.2, 0) is 13.1 Å². The van der Waals surface area contributed by atoms with Crippen LogP contribution in [0.4, 0.5) is 0 Å². The number of rotatable bonds is 9. The number of benzene rings is 3. The average molecular weight is 504 g/mol. The molecule has 0 radical (unpaired) electrons. The van der Waals surface area contributed by atoms with Crippen LogP contribution in [0.2, 0.25) is 0 Å². The zero-order valence-corrected chi connectivity index (χ0v) is 21.2. The number of phenolic OH excluding ortho intramolecular Hbond substituents is 1. The van der Waals surface area contributed by atoms with Crippen molar-refractivity contribution in [2.24, 2.45) is 0 Å². The van der Waals surface area contributed by atoms with E-state index in [0.717, 1.165) is 49.4 Å². The summed E-state index contributed by atoms with van der Waals surface area (Å²) in [6.07, 6.45) is 1.69. The molecular weight excluding hydrogens is 470 g/mol. The van der Waals surface area contributed by atoms with Gasteiger partial charge in [-0.2, -0.15) is 0 Å². The minimum atomic E-state index is -0.194. The Morgan fingerprint density at radius 2 is 1.49 bits per heavy atom. The van der Waals surface area contributed by atoms with E-state index in [2.05, 4.69) is 15.5 Å². The Morgan fingerprint density at radius 1 is 0.865 bits per heavy atom. The molecule has 0 aliphatic carbocycles. The zero-order valence-electron chi connectivity index (χ0n) is 21.2. The molecule has 1 aliphatic rings. The van der Waals surface area contributed by atoms with Crippen molar-refractivity contribution in [3.05, 3.63) is 89.0 Å². The highest BCUT2D eigenvalue weighted by Crippen LogP contribution is 2.27. The lowest BCUT2D eigenvalue weighted by Crippen LogP contribution is -2.44. The Labute approximate surface area is 217 Å². The Balaban J connectivity index is 1.22. The summed E-state index contributed by atoms with van der Waals surface area (Å²) < 4.78 is 10.2. The summed E-state index contributed by atoms with van der Waals surface area (Å²) in [6.45, 7) is 2.85. The second-order valence-corrected chi connectivity index (χ2v) is 9.14. The maximum atomic E-state index is 12.8. The average Bonchev–Trinajstić information content (AvgIpc) is 2.93. The minimum absolute atomic E-state index is 0.0977. The van der Waals surface area contributed by atoms with E-state index in [0.29, 0.717) is 23.4 Å². The largest absolute Gasteiger partial charge is 0.504 e. The van der Waals surface area contributed by atoms with Gasteiger partial charge in [0.1, 0.15) is 5.75 Å². The lowest BCUT2D eigenvalue weighted by molar-refractivity contribution is 0.0905. The molecule has 3 aromatic rings. The van der Waals surface area contributed by atoms with Gasteiger partial charge < -0.3 is 25.2 Å². The molecule has 0 aromatic heterocycles. The number of hydrogen-bond acceptors (Lipinski definition) is 6. The second-order valence-electron chi connectivity index (χ2n) is 9.14. The van der Waals surface area contributed by atoms with Crippen molar-refractivity contribution in [2.45, 2.75) is 32.0 Å². The molecule has 4 rings (SSSR count). The maximum absolute atomic E-state index is 12.8. The fourth-order valence-corrected chi connectivity index (χ4v) is 4.40. The smallest absolute Gasteiger partial charge is 0.251 e. The number of hydrogen-bond donors (Lipinski definition) is 3. The van der Waals surface area contributed by atoms with Gasteiger partial charge in [-0.1, -0.05) is 18.2 Å². The SMILES string of the molecule is COc1ccc(CNC(=O)c2ccc(C(=O)NC3CCN(Cc4ccc(OC)c(O)c4)CC3)cc2)cc1. The second kappa shape index (κ2) is 12.3. The number of carbonyl (C=O) groups is 2. The van der Waals surface area contributed by atoms with Crippen molar-refractivity contribution in [3.63, 3.8) is 0 Å². The summed E-state index contributed by atoms with van der Waals surface area (Å²) >= 11 is 0. The lowest BCUT2D eigenvalue weighted by Gasteiger charge is -2.32. The van der Waals surface area contributed by atoms with E-state index in [4.69, 9.17) is 9.47 Å². The van der Waals surface area contributed by atoms with Gasteiger partial charge in [-0.05, 0) is 72.5 Å². The van der Waals surface area contributed by atoms with E-state index in [1.54, 1.807) is 43.5 Å². The van der Waals surface area contributed by atoms with Crippen LogP contribution in [-0.4, -0.2) is 55.2 Å². The van der Waals surface area contributed by atoms with E-state index in [-0.39, 0.29) is 23.6 Å². The van der Waals surface area contributed by atoms with Crippen LogP contribution in [0.3, 0.4) is 0 Å². The van der Waals surface area contributed by atoms with E-state index in [1.165, 1.54) is 7.11 Å². The van der Waals surface area contributed by atoms with Crippen LogP contribution in [0.5, 0.6) is 17.2 Å². The Kier molecular flexibility index (Phi) is 8.64. The predicted molar refractivity (Wildman–Crippen MR) is 141 cm³/mol. The molecule has 1 aliphatic heterocycles. The van der Waals surface area contributed by atoms with Crippen molar-refractivity contribution in [3.8, 4) is 17.2 Å². The molecule has 3 N–H and O–H groups in total. The molecule has 0 spiro atoms. The maximum Gasteiger partial charge on any atom is 0.251 e. The number of carbonyl (C=O) groups excluding carboxylic acids is 2. The highest BCUT2D eigenvalue weighted by Gasteiger charge is 2.21. The van der Waals surface area contributed by atoms with Gasteiger partial charge in [0, 0.05) is 43.3 Å². The summed E-state index contributed by atoms with van der Waals surface area (Å²) in [4.78, 5) is 27.6. The predicted octanol–water partition coefficient (Wildman–Crippen LogP) is 3.73. The minimum Gasteiger partial charge on any atom is -0.504 e. The van der Waals surface area contributed by atoms with Crippen LogP contribution in [0.1, 0.15) is 44.7 Å². The molecule has 0 saturated carbocycles. The molecule has 1 heterocycles. The third kappa shape index (κ3) is 7.01. The van der Waals surface area contributed by atoms with Gasteiger partial charge in [0.2, 0.25) is 0 Å². The molecule has 1 fully saturated rings. The summed E-state index contributed by atoms with van der Waals surface area (Å²) in [5.41, 5.74) is 3.03. The molecule has 0 unspecified atom stereocenters. The Bertz CT molecular complexity index is 1200. The van der Waals surface area contributed by atoms with Gasteiger partial charge in [-0.3, -0.25) is 14.5 Å². The van der Waals surface area contributed by atoms with Crippen LogP contribution in [0.25, 0.3) is 0 Å². The van der Waals surface area contributed by atoms with Crippen molar-refractivity contribution >= 4 is 11.8 Å². The third-order valence-electron chi connectivity index (χ3n) is 6.59. The first-order valence-corrected chi connectivity index (χ1v) is 12.4. The standard InChI is InChI=1S/C29H33N3O5/c1-36-25-10-3-20(4-11-25)18-30-28(34)22-6-8-23(9-7-22)29(35)31-24-13-15-32(16-14-24)19-21-5-12-27(37-2)26(33)17-21/h3-12,17,24,33H,13-16,18-19H2,1-2H3,(H,30,34)(H,31,35). The molecule has 3 aromatic carbocycles. The number of nitrogens with zero attached hydrogens (tertiary/aromatic N) is 1. The zero-order chi connectivity index (χ0) is 26.2. The molecule has 37 heavy (non-hydrogen) atoms. The summed E-state index contributed by atoms with van der Waals surface area (Å²) in [5, 5.41) is 16.0. The number of piperidine rings is 1. The number of nitrogens with one attached hydrogen (secondary N) is 2. The third-order valence-corrected chi connectivity index (χ3v) is 6.59. The van der Waals surface area contributed by atoms with E-state index in [9.17, 15) is 14.7 Å². The molecular formula is C29H33N3O5. The van der Waals surface area contributed by atoms with Crippen molar-refractivity contribution in [1.29, 1.82) is 0 Å². The molecule has 1 saturated heterocycles. The fourth-order valence-electron chi connectivity index (χ4n) is 4.40. The Morgan fingerprint density at radius 3 is 2.08 bits per heavy atom. The van der Waals surface area contributed by atoms with Crippen LogP contribution < -0.4 is 20.1 Å². The van der Waals surface area contributed by atoms with Gasteiger partial charge in [-0.25, -0.2) is 0 Å². The number of aromatic hydroxyl groups is 1. The molecule has 2 amide bonds. The first kappa shape index (κ1) is 26.0. The fraction of sp³-hybridized carbons (Fsp3) is 0.310.